The van der Waals surface area contributed by atoms with E-state index in [2.05, 4.69) is 16.0 Å². The summed E-state index contributed by atoms with van der Waals surface area (Å²) in [5.74, 6) is 2.69. The Morgan fingerprint density at radius 2 is 2.28 bits per heavy atom. The summed E-state index contributed by atoms with van der Waals surface area (Å²) in [7, 11) is -3.20. The van der Waals surface area contributed by atoms with Crippen LogP contribution in [0.15, 0.2) is 0 Å². The Labute approximate surface area is 111 Å². The second-order valence-corrected chi connectivity index (χ2v) is 6.76. The van der Waals surface area contributed by atoms with E-state index >= 15 is 0 Å². The predicted molar refractivity (Wildman–Crippen MR) is 74.7 cm³/mol. The summed E-state index contributed by atoms with van der Waals surface area (Å²) in [6, 6.07) is 0.224. The molecule has 1 saturated heterocycles. The van der Waals surface area contributed by atoms with E-state index in [1.807, 2.05) is 6.92 Å². The molecule has 1 heterocycles. The van der Waals surface area contributed by atoms with Gasteiger partial charge in [0.2, 0.25) is 10.0 Å². The molecule has 2 unspecified atom stereocenters. The van der Waals surface area contributed by atoms with E-state index in [-0.39, 0.29) is 11.8 Å². The van der Waals surface area contributed by atoms with Gasteiger partial charge in [0, 0.05) is 18.5 Å². The van der Waals surface area contributed by atoms with Crippen molar-refractivity contribution in [2.75, 3.05) is 12.3 Å². The molecule has 0 spiro atoms. The maximum Gasteiger partial charge on any atom is 0.211 e. The number of sulfonamides is 1. The maximum atomic E-state index is 11.9. The van der Waals surface area contributed by atoms with Crippen molar-refractivity contribution in [2.24, 2.45) is 0 Å². The Morgan fingerprint density at radius 1 is 1.50 bits per heavy atom. The topological polar surface area (TPSA) is 58.2 Å². The fraction of sp³-hybridized carbons (Fsp3) is 0.846. The summed E-state index contributed by atoms with van der Waals surface area (Å²) in [6.07, 6.45) is 10.6. The molecule has 0 aliphatic carbocycles. The van der Waals surface area contributed by atoms with E-state index < -0.39 is 10.0 Å². The quantitative estimate of drug-likeness (QED) is 0.686. The van der Waals surface area contributed by atoms with E-state index in [0.717, 1.165) is 19.4 Å². The zero-order chi connectivity index (χ0) is 13.4. The molecule has 18 heavy (non-hydrogen) atoms. The third kappa shape index (κ3) is 5.85. The van der Waals surface area contributed by atoms with E-state index in [1.54, 1.807) is 0 Å². The van der Waals surface area contributed by atoms with Crippen LogP contribution in [0.3, 0.4) is 0 Å². The summed E-state index contributed by atoms with van der Waals surface area (Å²) in [6.45, 7) is 2.94. The number of terminal acetylenes is 1. The highest BCUT2D eigenvalue weighted by Crippen LogP contribution is 2.11. The lowest BCUT2D eigenvalue weighted by molar-refractivity contribution is 0.392. The van der Waals surface area contributed by atoms with Crippen molar-refractivity contribution in [3.05, 3.63) is 0 Å². The first-order chi connectivity index (χ1) is 8.57. The zero-order valence-electron chi connectivity index (χ0n) is 11.1. The van der Waals surface area contributed by atoms with Crippen LogP contribution in [0.25, 0.3) is 0 Å². The molecule has 0 aromatic heterocycles. The van der Waals surface area contributed by atoms with Gasteiger partial charge in [0.25, 0.3) is 0 Å². The van der Waals surface area contributed by atoms with Crippen LogP contribution in [-0.2, 0) is 10.0 Å². The number of nitrogens with one attached hydrogen (secondary N) is 2. The minimum atomic E-state index is -3.20. The summed E-state index contributed by atoms with van der Waals surface area (Å²) in [5.41, 5.74) is 0. The van der Waals surface area contributed by atoms with Crippen molar-refractivity contribution in [1.82, 2.24) is 10.0 Å². The van der Waals surface area contributed by atoms with Crippen LogP contribution in [0.1, 0.15) is 45.4 Å². The minimum Gasteiger partial charge on any atom is -0.314 e. The highest BCUT2D eigenvalue weighted by molar-refractivity contribution is 7.89. The molecule has 0 aromatic carbocycles. The lowest BCUT2D eigenvalue weighted by atomic mass is 10.0. The standard InChI is InChI=1S/C13H24N2O2S/c1-3-7-12(4-2)15-18(16,17)11-9-13-8-5-6-10-14-13/h1,12-15H,4-11H2,2H3. The van der Waals surface area contributed by atoms with Crippen molar-refractivity contribution >= 4 is 10.0 Å². The van der Waals surface area contributed by atoms with Gasteiger partial charge in [0.15, 0.2) is 0 Å². The molecule has 1 aliphatic heterocycles. The molecule has 104 valence electrons. The third-order valence-electron chi connectivity index (χ3n) is 3.35. The molecule has 5 heteroatoms. The van der Waals surface area contributed by atoms with Crippen LogP contribution >= 0.6 is 0 Å². The van der Waals surface area contributed by atoms with E-state index in [0.29, 0.717) is 18.9 Å². The van der Waals surface area contributed by atoms with Gasteiger partial charge >= 0.3 is 0 Å². The molecule has 0 radical (unpaired) electrons. The highest BCUT2D eigenvalue weighted by Gasteiger charge is 2.19. The first kappa shape index (κ1) is 15.5. The summed E-state index contributed by atoms with van der Waals surface area (Å²) in [4.78, 5) is 0. The Bertz CT molecular complexity index is 367. The van der Waals surface area contributed by atoms with Gasteiger partial charge in [-0.3, -0.25) is 0 Å². The smallest absolute Gasteiger partial charge is 0.211 e. The van der Waals surface area contributed by atoms with E-state index in [4.69, 9.17) is 6.42 Å². The third-order valence-corrected chi connectivity index (χ3v) is 4.82. The normalized spacial score (nSPS) is 22.3. The van der Waals surface area contributed by atoms with Crippen LogP contribution < -0.4 is 10.0 Å². The fourth-order valence-corrected chi connectivity index (χ4v) is 3.66. The second kappa shape index (κ2) is 7.78. The number of hydrogen-bond donors (Lipinski definition) is 2. The van der Waals surface area contributed by atoms with Crippen molar-refractivity contribution in [2.45, 2.75) is 57.5 Å². The molecule has 0 amide bonds. The van der Waals surface area contributed by atoms with Gasteiger partial charge < -0.3 is 5.32 Å². The summed E-state index contributed by atoms with van der Waals surface area (Å²) in [5, 5.41) is 3.36. The molecule has 4 nitrogen and oxygen atoms in total. The number of rotatable bonds is 7. The van der Waals surface area contributed by atoms with Gasteiger partial charge in [-0.05, 0) is 32.2 Å². The Hall–Kier alpha value is -0.570. The van der Waals surface area contributed by atoms with Gasteiger partial charge in [0.1, 0.15) is 0 Å². The predicted octanol–water partition coefficient (Wildman–Crippen LogP) is 1.24. The molecule has 1 aliphatic rings. The molecule has 1 fully saturated rings. The highest BCUT2D eigenvalue weighted by atomic mass is 32.2. The largest absolute Gasteiger partial charge is 0.314 e. The summed E-state index contributed by atoms with van der Waals surface area (Å²) >= 11 is 0. The fourth-order valence-electron chi connectivity index (χ4n) is 2.19. The molecule has 2 atom stereocenters. The van der Waals surface area contributed by atoms with Crippen molar-refractivity contribution < 1.29 is 8.42 Å². The monoisotopic (exact) mass is 272 g/mol. The average molecular weight is 272 g/mol. The van der Waals surface area contributed by atoms with Crippen molar-refractivity contribution in [3.63, 3.8) is 0 Å². The van der Waals surface area contributed by atoms with Crippen LogP contribution in [0, 0.1) is 12.3 Å². The second-order valence-electron chi connectivity index (χ2n) is 4.89. The maximum absolute atomic E-state index is 11.9. The minimum absolute atomic E-state index is 0.126. The molecular weight excluding hydrogens is 248 g/mol. The van der Waals surface area contributed by atoms with Crippen LogP contribution in [0.2, 0.25) is 0 Å². The molecule has 2 N–H and O–H groups in total. The first-order valence-corrected chi connectivity index (χ1v) is 8.39. The van der Waals surface area contributed by atoms with Gasteiger partial charge in [0.05, 0.1) is 5.75 Å². The van der Waals surface area contributed by atoms with Gasteiger partial charge in [-0.15, -0.1) is 12.3 Å². The lowest BCUT2D eigenvalue weighted by Gasteiger charge is -2.23. The zero-order valence-corrected chi connectivity index (χ0v) is 11.9. The number of piperidine rings is 1. The Morgan fingerprint density at radius 3 is 2.83 bits per heavy atom. The van der Waals surface area contributed by atoms with Crippen LogP contribution in [0.4, 0.5) is 0 Å². The summed E-state index contributed by atoms with van der Waals surface area (Å²) < 4.78 is 26.5. The van der Waals surface area contributed by atoms with E-state index in [9.17, 15) is 8.42 Å². The van der Waals surface area contributed by atoms with Crippen molar-refractivity contribution in [1.29, 1.82) is 0 Å². The molecule has 0 aromatic rings. The molecular formula is C13H24N2O2S. The molecule has 0 bridgehead atoms. The Balaban J connectivity index is 2.36. The van der Waals surface area contributed by atoms with Gasteiger partial charge in [-0.1, -0.05) is 13.3 Å². The number of hydrogen-bond acceptors (Lipinski definition) is 3. The van der Waals surface area contributed by atoms with Gasteiger partial charge in [-0.25, -0.2) is 13.1 Å². The first-order valence-electron chi connectivity index (χ1n) is 6.74. The van der Waals surface area contributed by atoms with Gasteiger partial charge in [-0.2, -0.15) is 0 Å². The SMILES string of the molecule is C#CCC(CC)NS(=O)(=O)CCC1CCCCN1. The molecule has 0 saturated carbocycles. The average Bonchev–Trinajstić information content (AvgIpc) is 2.37. The Kier molecular flexibility index (Phi) is 6.69. The van der Waals surface area contributed by atoms with E-state index in [1.165, 1.54) is 12.8 Å². The lowest BCUT2D eigenvalue weighted by Crippen LogP contribution is -2.39. The van der Waals surface area contributed by atoms with Crippen LogP contribution in [-0.4, -0.2) is 32.8 Å². The van der Waals surface area contributed by atoms with Crippen LogP contribution in [0.5, 0.6) is 0 Å². The molecule has 1 rings (SSSR count). The van der Waals surface area contributed by atoms with Crippen molar-refractivity contribution in [3.8, 4) is 12.3 Å².